The molecule has 1 aromatic rings. The zero-order valence-electron chi connectivity index (χ0n) is 11.4. The Hall–Kier alpha value is -1.91. The Morgan fingerprint density at radius 3 is 2.63 bits per heavy atom. The SMILES string of the molecule is CCN(CC(C)C(=O)OC)C(=O)c1cccc(F)c1. The lowest BCUT2D eigenvalue weighted by Gasteiger charge is -2.23. The van der Waals surface area contributed by atoms with Crippen LogP contribution in [0.25, 0.3) is 0 Å². The topological polar surface area (TPSA) is 46.6 Å². The van der Waals surface area contributed by atoms with Crippen LogP contribution in [0.5, 0.6) is 0 Å². The van der Waals surface area contributed by atoms with Crippen molar-refractivity contribution in [3.05, 3.63) is 35.6 Å². The number of hydrogen-bond donors (Lipinski definition) is 0. The van der Waals surface area contributed by atoms with Crippen LogP contribution in [0.1, 0.15) is 24.2 Å². The van der Waals surface area contributed by atoms with E-state index in [-0.39, 0.29) is 24.0 Å². The smallest absolute Gasteiger partial charge is 0.310 e. The van der Waals surface area contributed by atoms with Gasteiger partial charge in [-0.3, -0.25) is 9.59 Å². The largest absolute Gasteiger partial charge is 0.469 e. The molecule has 0 saturated carbocycles. The molecule has 0 N–H and O–H groups in total. The van der Waals surface area contributed by atoms with Crippen LogP contribution in [0.3, 0.4) is 0 Å². The van der Waals surface area contributed by atoms with Gasteiger partial charge in [-0.1, -0.05) is 13.0 Å². The van der Waals surface area contributed by atoms with Crippen LogP contribution in [-0.4, -0.2) is 37.0 Å². The molecule has 1 unspecified atom stereocenters. The van der Waals surface area contributed by atoms with Crippen molar-refractivity contribution >= 4 is 11.9 Å². The zero-order valence-corrected chi connectivity index (χ0v) is 11.4. The van der Waals surface area contributed by atoms with E-state index >= 15 is 0 Å². The summed E-state index contributed by atoms with van der Waals surface area (Å²) in [5, 5.41) is 0. The monoisotopic (exact) mass is 267 g/mol. The Labute approximate surface area is 112 Å². The lowest BCUT2D eigenvalue weighted by Crippen LogP contribution is -2.37. The number of amides is 1. The highest BCUT2D eigenvalue weighted by atomic mass is 19.1. The van der Waals surface area contributed by atoms with Gasteiger partial charge < -0.3 is 9.64 Å². The minimum Gasteiger partial charge on any atom is -0.469 e. The van der Waals surface area contributed by atoms with E-state index in [1.165, 1.54) is 30.2 Å². The van der Waals surface area contributed by atoms with Crippen LogP contribution in [0.4, 0.5) is 4.39 Å². The third-order valence-corrected chi connectivity index (χ3v) is 2.84. The lowest BCUT2D eigenvalue weighted by atomic mass is 10.1. The van der Waals surface area contributed by atoms with Crippen LogP contribution in [0.15, 0.2) is 24.3 Å². The minimum absolute atomic E-state index is 0.249. The van der Waals surface area contributed by atoms with E-state index in [4.69, 9.17) is 0 Å². The van der Waals surface area contributed by atoms with Gasteiger partial charge in [-0.15, -0.1) is 0 Å². The van der Waals surface area contributed by atoms with Crippen LogP contribution in [-0.2, 0) is 9.53 Å². The van der Waals surface area contributed by atoms with Gasteiger partial charge in [0, 0.05) is 18.7 Å². The van der Waals surface area contributed by atoms with Crippen molar-refractivity contribution in [2.75, 3.05) is 20.2 Å². The predicted molar refractivity (Wildman–Crippen MR) is 69.2 cm³/mol. The van der Waals surface area contributed by atoms with E-state index in [0.717, 1.165) is 0 Å². The summed E-state index contributed by atoms with van der Waals surface area (Å²) in [6, 6.07) is 5.51. The fourth-order valence-corrected chi connectivity index (χ4v) is 1.77. The Balaban J connectivity index is 2.80. The Morgan fingerprint density at radius 2 is 2.11 bits per heavy atom. The molecule has 4 nitrogen and oxygen atoms in total. The number of hydrogen-bond acceptors (Lipinski definition) is 3. The predicted octanol–water partition coefficient (Wildman–Crippen LogP) is 2.10. The number of esters is 1. The first-order valence-electron chi connectivity index (χ1n) is 6.12. The van der Waals surface area contributed by atoms with Gasteiger partial charge in [0.2, 0.25) is 0 Å². The minimum atomic E-state index is -0.456. The van der Waals surface area contributed by atoms with Crippen molar-refractivity contribution < 1.29 is 18.7 Å². The summed E-state index contributed by atoms with van der Waals surface area (Å²) in [5.41, 5.74) is 0.277. The molecule has 0 aliphatic rings. The van der Waals surface area contributed by atoms with Crippen molar-refractivity contribution in [1.82, 2.24) is 4.90 Å². The Bertz CT molecular complexity index is 462. The van der Waals surface area contributed by atoms with Gasteiger partial charge in [0.1, 0.15) is 5.82 Å². The fourth-order valence-electron chi connectivity index (χ4n) is 1.77. The molecule has 0 aliphatic carbocycles. The average Bonchev–Trinajstić information content (AvgIpc) is 2.42. The van der Waals surface area contributed by atoms with Gasteiger partial charge in [0.15, 0.2) is 0 Å². The van der Waals surface area contributed by atoms with Gasteiger partial charge in [0.05, 0.1) is 13.0 Å². The molecule has 19 heavy (non-hydrogen) atoms. The molecule has 0 heterocycles. The number of ether oxygens (including phenoxy) is 1. The highest BCUT2D eigenvalue weighted by Gasteiger charge is 2.21. The number of carbonyl (C=O) groups is 2. The van der Waals surface area contributed by atoms with E-state index in [9.17, 15) is 14.0 Å². The molecule has 0 fully saturated rings. The average molecular weight is 267 g/mol. The summed E-state index contributed by atoms with van der Waals surface area (Å²) in [5.74, 6) is -1.53. The van der Waals surface area contributed by atoms with Gasteiger partial charge >= 0.3 is 5.97 Å². The van der Waals surface area contributed by atoms with Crippen molar-refractivity contribution in [3.63, 3.8) is 0 Å². The number of rotatable bonds is 5. The second-order valence-corrected chi connectivity index (χ2v) is 4.28. The fraction of sp³-hybridized carbons (Fsp3) is 0.429. The van der Waals surface area contributed by atoms with E-state index in [2.05, 4.69) is 4.74 Å². The van der Waals surface area contributed by atoms with Crippen molar-refractivity contribution in [2.24, 2.45) is 5.92 Å². The molecule has 0 aliphatic heterocycles. The summed E-state index contributed by atoms with van der Waals surface area (Å²) in [6.45, 7) is 4.18. The molecular weight excluding hydrogens is 249 g/mol. The van der Waals surface area contributed by atoms with Crippen LogP contribution < -0.4 is 0 Å². The molecule has 1 atom stereocenters. The molecule has 0 saturated heterocycles. The summed E-state index contributed by atoms with van der Waals surface area (Å²) >= 11 is 0. The zero-order chi connectivity index (χ0) is 14.4. The van der Waals surface area contributed by atoms with Crippen LogP contribution in [0.2, 0.25) is 0 Å². The number of nitrogens with zero attached hydrogens (tertiary/aromatic N) is 1. The third-order valence-electron chi connectivity index (χ3n) is 2.84. The quantitative estimate of drug-likeness (QED) is 0.767. The lowest BCUT2D eigenvalue weighted by molar-refractivity contribution is -0.145. The highest BCUT2D eigenvalue weighted by Crippen LogP contribution is 2.10. The van der Waals surface area contributed by atoms with Gasteiger partial charge in [-0.2, -0.15) is 0 Å². The molecule has 0 bridgehead atoms. The van der Waals surface area contributed by atoms with Crippen molar-refractivity contribution in [3.8, 4) is 0 Å². The van der Waals surface area contributed by atoms with E-state index < -0.39 is 11.7 Å². The van der Waals surface area contributed by atoms with Crippen molar-refractivity contribution in [2.45, 2.75) is 13.8 Å². The second-order valence-electron chi connectivity index (χ2n) is 4.28. The molecule has 1 amide bonds. The van der Waals surface area contributed by atoms with E-state index in [1.807, 2.05) is 0 Å². The van der Waals surface area contributed by atoms with E-state index in [1.54, 1.807) is 19.9 Å². The molecule has 1 rings (SSSR count). The number of carbonyl (C=O) groups excluding carboxylic acids is 2. The van der Waals surface area contributed by atoms with Gasteiger partial charge in [-0.25, -0.2) is 4.39 Å². The number of benzene rings is 1. The number of methoxy groups -OCH3 is 1. The first-order valence-corrected chi connectivity index (χ1v) is 6.12. The van der Waals surface area contributed by atoms with Crippen LogP contribution in [0, 0.1) is 11.7 Å². The normalized spacial score (nSPS) is 11.8. The first kappa shape index (κ1) is 15.1. The Morgan fingerprint density at radius 1 is 1.42 bits per heavy atom. The second kappa shape index (κ2) is 6.87. The first-order chi connectivity index (χ1) is 8.99. The summed E-state index contributed by atoms with van der Waals surface area (Å²) in [6.07, 6.45) is 0. The summed E-state index contributed by atoms with van der Waals surface area (Å²) < 4.78 is 17.7. The highest BCUT2D eigenvalue weighted by molar-refractivity contribution is 5.94. The van der Waals surface area contributed by atoms with Gasteiger partial charge in [0.25, 0.3) is 5.91 Å². The molecule has 0 spiro atoms. The molecule has 0 aromatic heterocycles. The maximum Gasteiger partial charge on any atom is 0.310 e. The van der Waals surface area contributed by atoms with Gasteiger partial charge in [-0.05, 0) is 25.1 Å². The Kier molecular flexibility index (Phi) is 5.48. The summed E-state index contributed by atoms with van der Waals surface area (Å²) in [7, 11) is 1.31. The third kappa shape index (κ3) is 4.05. The van der Waals surface area contributed by atoms with E-state index in [0.29, 0.717) is 6.54 Å². The number of halogens is 1. The van der Waals surface area contributed by atoms with Crippen molar-refractivity contribution in [1.29, 1.82) is 0 Å². The van der Waals surface area contributed by atoms with Crippen LogP contribution >= 0.6 is 0 Å². The maximum absolute atomic E-state index is 13.1. The molecule has 0 radical (unpaired) electrons. The molecule has 1 aromatic carbocycles. The molecule has 104 valence electrons. The summed E-state index contributed by atoms with van der Waals surface area (Å²) in [4.78, 5) is 25.0. The standard InChI is InChI=1S/C14H18FNO3/c1-4-16(9-10(2)14(18)19-3)13(17)11-6-5-7-12(15)8-11/h5-8,10H,4,9H2,1-3H3. The molecule has 5 heteroatoms. The molecular formula is C14H18FNO3. The maximum atomic E-state index is 13.1.